The van der Waals surface area contributed by atoms with Gasteiger partial charge >= 0.3 is 5.97 Å². The molecule has 2 N–H and O–H groups in total. The number of nitrogens with zero attached hydrogens (tertiary/aromatic N) is 1. The summed E-state index contributed by atoms with van der Waals surface area (Å²) in [5.74, 6) is -1.98. The van der Waals surface area contributed by atoms with Gasteiger partial charge in [-0.05, 0) is 54.0 Å². The van der Waals surface area contributed by atoms with Gasteiger partial charge in [0.15, 0.2) is 0 Å². The molecule has 0 radical (unpaired) electrons. The number of carboxylic acids is 1. The highest BCUT2D eigenvalue weighted by molar-refractivity contribution is 7.98. The van der Waals surface area contributed by atoms with Gasteiger partial charge in [-0.25, -0.2) is 4.79 Å². The maximum atomic E-state index is 13.0. The molecule has 0 spiro atoms. The van der Waals surface area contributed by atoms with E-state index in [4.69, 9.17) is 34.8 Å². The van der Waals surface area contributed by atoms with Gasteiger partial charge < -0.3 is 15.3 Å². The number of carbonyl (C=O) groups is 3. The minimum absolute atomic E-state index is 0.149. The summed E-state index contributed by atoms with van der Waals surface area (Å²) in [6.45, 7) is 0.783. The lowest BCUT2D eigenvalue weighted by molar-refractivity contribution is -0.142. The number of piperidine rings is 1. The van der Waals surface area contributed by atoms with Gasteiger partial charge in [0.2, 0.25) is 11.8 Å². The quantitative estimate of drug-likeness (QED) is 0.194. The molecule has 10 heteroatoms. The lowest BCUT2D eigenvalue weighted by atomic mass is 9.94. The van der Waals surface area contributed by atoms with Crippen LogP contribution < -0.4 is 5.32 Å². The summed E-state index contributed by atoms with van der Waals surface area (Å²) in [5, 5.41) is 13.9. The fraction of sp³-hybridized carbons (Fsp3) is 0.258. The molecule has 1 atom stereocenters. The third-order valence-corrected chi connectivity index (χ3v) is 9.19. The number of thioether (sulfide) groups is 1. The molecule has 0 aliphatic carbocycles. The van der Waals surface area contributed by atoms with Crippen LogP contribution in [0, 0.1) is 5.92 Å². The third kappa shape index (κ3) is 7.86. The molecule has 1 unspecified atom stereocenters. The van der Waals surface area contributed by atoms with Gasteiger partial charge in [-0.15, -0.1) is 11.8 Å². The molecule has 1 saturated heterocycles. The number of carboxylic acid groups (broad SMARTS) is 1. The Kier molecular flexibility index (Phi) is 10.8. The Morgan fingerprint density at radius 1 is 1.00 bits per heavy atom. The first-order chi connectivity index (χ1) is 19.7. The second-order valence-electron chi connectivity index (χ2n) is 9.70. The molecule has 0 saturated carbocycles. The number of hydrogen-bond donors (Lipinski definition) is 2. The number of aliphatic carboxylic acids is 1. The Hall–Kier alpha value is -2.97. The molecule has 0 aromatic heterocycles. The first-order valence-corrected chi connectivity index (χ1v) is 15.4. The van der Waals surface area contributed by atoms with Crippen molar-refractivity contribution in [3.63, 3.8) is 0 Å². The smallest absolute Gasteiger partial charge is 0.326 e. The monoisotopic (exact) mass is 630 g/mol. The van der Waals surface area contributed by atoms with Crippen molar-refractivity contribution in [2.24, 2.45) is 5.92 Å². The molecule has 1 heterocycles. The van der Waals surface area contributed by atoms with Gasteiger partial charge in [0, 0.05) is 47.0 Å². The summed E-state index contributed by atoms with van der Waals surface area (Å²) < 4.78 is 0. The fourth-order valence-electron chi connectivity index (χ4n) is 4.70. The maximum absolute atomic E-state index is 13.0. The number of carbonyl (C=O) groups excluding carboxylic acids is 2. The molecule has 1 aliphatic rings. The van der Waals surface area contributed by atoms with Crippen LogP contribution in [0.4, 0.5) is 0 Å². The van der Waals surface area contributed by atoms with Crippen LogP contribution in [-0.2, 0) is 20.8 Å². The Balaban J connectivity index is 1.30. The molecule has 1 aliphatic heterocycles. The number of halogens is 3. The van der Waals surface area contributed by atoms with E-state index in [-0.39, 0.29) is 24.2 Å². The number of hydrogen-bond acceptors (Lipinski definition) is 4. The van der Waals surface area contributed by atoms with E-state index in [9.17, 15) is 19.5 Å². The summed E-state index contributed by atoms with van der Waals surface area (Å²) >= 11 is 20.4. The van der Waals surface area contributed by atoms with Crippen molar-refractivity contribution in [3.05, 3.63) is 92.9 Å². The van der Waals surface area contributed by atoms with Crippen molar-refractivity contribution in [2.75, 3.05) is 19.3 Å². The predicted molar refractivity (Wildman–Crippen MR) is 167 cm³/mol. The maximum Gasteiger partial charge on any atom is 0.326 e. The van der Waals surface area contributed by atoms with E-state index in [0.29, 0.717) is 46.6 Å². The van der Waals surface area contributed by atoms with E-state index >= 15 is 0 Å². The molecule has 6 nitrogen and oxygen atoms in total. The molecule has 3 aromatic rings. The second-order valence-corrected chi connectivity index (χ2v) is 11.7. The molecular formula is C31H29Cl3N2O4S. The number of likely N-dealkylation sites (tertiary alicyclic amines) is 1. The number of nitrogens with one attached hydrogen (secondary N) is 1. The fourth-order valence-corrected chi connectivity index (χ4v) is 6.12. The zero-order valence-corrected chi connectivity index (χ0v) is 25.4. The summed E-state index contributed by atoms with van der Waals surface area (Å²) in [6, 6.07) is 17.6. The Bertz CT molecular complexity index is 1450. The zero-order chi connectivity index (χ0) is 29.5. The van der Waals surface area contributed by atoms with Gasteiger partial charge in [0.05, 0.1) is 10.0 Å². The Morgan fingerprint density at radius 2 is 1.68 bits per heavy atom. The summed E-state index contributed by atoms with van der Waals surface area (Å²) in [4.78, 5) is 40.2. The van der Waals surface area contributed by atoms with Crippen LogP contribution >= 0.6 is 46.6 Å². The number of amides is 2. The average Bonchev–Trinajstić information content (AvgIpc) is 2.98. The highest BCUT2D eigenvalue weighted by Gasteiger charge is 2.29. The van der Waals surface area contributed by atoms with E-state index in [0.717, 1.165) is 21.6 Å². The van der Waals surface area contributed by atoms with Crippen LogP contribution in [0.15, 0.2) is 71.6 Å². The molecule has 214 valence electrons. The molecule has 2 amide bonds. The van der Waals surface area contributed by atoms with Crippen LogP contribution in [0.3, 0.4) is 0 Å². The Morgan fingerprint density at radius 3 is 2.32 bits per heavy atom. The van der Waals surface area contributed by atoms with Crippen molar-refractivity contribution < 1.29 is 19.5 Å². The largest absolute Gasteiger partial charge is 0.480 e. The SMILES string of the molecule is CSc1ccc(C=CC(=O)N2CCC(C(=O)NC(Cc3ccc(-c4ccccc4Cl)cc3)C(=O)O)CC2)c(Cl)c1Cl. The molecule has 41 heavy (non-hydrogen) atoms. The van der Waals surface area contributed by atoms with Gasteiger partial charge in [0.25, 0.3) is 0 Å². The van der Waals surface area contributed by atoms with Crippen LogP contribution in [0.2, 0.25) is 15.1 Å². The van der Waals surface area contributed by atoms with Crippen LogP contribution in [0.1, 0.15) is 24.0 Å². The molecule has 1 fully saturated rings. The minimum Gasteiger partial charge on any atom is -0.480 e. The zero-order valence-electron chi connectivity index (χ0n) is 22.3. The molecule has 3 aromatic carbocycles. The Labute approximate surface area is 258 Å². The highest BCUT2D eigenvalue weighted by Crippen LogP contribution is 2.35. The van der Waals surface area contributed by atoms with Gasteiger partial charge in [-0.1, -0.05) is 83.3 Å². The van der Waals surface area contributed by atoms with Crippen LogP contribution in [-0.4, -0.2) is 53.2 Å². The predicted octanol–water partition coefficient (Wildman–Crippen LogP) is 7.10. The van der Waals surface area contributed by atoms with E-state index in [1.807, 2.05) is 66.9 Å². The van der Waals surface area contributed by atoms with Crippen molar-refractivity contribution in [1.82, 2.24) is 10.2 Å². The highest BCUT2D eigenvalue weighted by atomic mass is 35.5. The molecule has 4 rings (SSSR count). The number of benzene rings is 3. The summed E-state index contributed by atoms with van der Waals surface area (Å²) in [6.07, 6.45) is 6.03. The van der Waals surface area contributed by atoms with E-state index in [1.165, 1.54) is 17.8 Å². The van der Waals surface area contributed by atoms with Gasteiger partial charge in [0.1, 0.15) is 6.04 Å². The third-order valence-electron chi connectivity index (χ3n) is 7.07. The van der Waals surface area contributed by atoms with Gasteiger partial charge in [-0.2, -0.15) is 0 Å². The van der Waals surface area contributed by atoms with Crippen molar-refractivity contribution in [1.29, 1.82) is 0 Å². The first kappa shape index (κ1) is 31.0. The van der Waals surface area contributed by atoms with Crippen LogP contribution in [0.25, 0.3) is 17.2 Å². The lowest BCUT2D eigenvalue weighted by Crippen LogP contribution is -2.48. The topological polar surface area (TPSA) is 86.7 Å². The molecular weight excluding hydrogens is 603 g/mol. The van der Waals surface area contributed by atoms with Crippen molar-refractivity contribution >= 4 is 70.4 Å². The number of rotatable bonds is 9. The average molecular weight is 632 g/mol. The first-order valence-electron chi connectivity index (χ1n) is 13.0. The summed E-state index contributed by atoms with van der Waals surface area (Å²) in [5.41, 5.74) is 3.24. The van der Waals surface area contributed by atoms with Gasteiger partial charge in [-0.3, -0.25) is 9.59 Å². The molecule has 0 bridgehead atoms. The lowest BCUT2D eigenvalue weighted by Gasteiger charge is -2.31. The normalized spacial score (nSPS) is 14.7. The van der Waals surface area contributed by atoms with Crippen molar-refractivity contribution in [2.45, 2.75) is 30.2 Å². The second kappa shape index (κ2) is 14.3. The summed E-state index contributed by atoms with van der Waals surface area (Å²) in [7, 11) is 0. The standard InChI is InChI=1S/C31H29Cl3N2O4S/c1-41-26-12-10-21(28(33)29(26)34)11-13-27(37)36-16-14-22(15-17-36)30(38)35-25(31(39)40)18-19-6-8-20(9-7-19)23-4-2-3-5-24(23)32/h2-13,22,25H,14-18H2,1H3,(H,35,38)(H,39,40). The van der Waals surface area contributed by atoms with E-state index in [2.05, 4.69) is 5.32 Å². The van der Waals surface area contributed by atoms with Crippen LogP contribution in [0.5, 0.6) is 0 Å². The van der Waals surface area contributed by atoms with E-state index < -0.39 is 12.0 Å². The van der Waals surface area contributed by atoms with Crippen molar-refractivity contribution in [3.8, 4) is 11.1 Å². The minimum atomic E-state index is -1.10. The van der Waals surface area contributed by atoms with E-state index in [1.54, 1.807) is 11.0 Å².